The molecule has 5 nitrogen and oxygen atoms in total. The van der Waals surface area contributed by atoms with Crippen LogP contribution in [-0.4, -0.2) is 33.7 Å². The zero-order valence-corrected chi connectivity index (χ0v) is 15.2. The Morgan fingerprint density at radius 3 is 2.77 bits per heavy atom. The number of carbonyl (C=O) groups excluding carboxylic acids is 1. The number of benzene rings is 1. The fourth-order valence-electron chi connectivity index (χ4n) is 4.44. The summed E-state index contributed by atoms with van der Waals surface area (Å²) in [6.07, 6.45) is 5.54. The third kappa shape index (κ3) is 2.76. The van der Waals surface area contributed by atoms with Crippen molar-refractivity contribution in [3.05, 3.63) is 54.1 Å². The molecule has 1 fully saturated rings. The molecular formula is C21H25N3O2. The van der Waals surface area contributed by atoms with Crippen LogP contribution in [0.5, 0.6) is 0 Å². The highest BCUT2D eigenvalue weighted by molar-refractivity contribution is 5.93. The molecule has 5 heteroatoms. The second-order valence-corrected chi connectivity index (χ2v) is 7.45. The van der Waals surface area contributed by atoms with E-state index in [0.29, 0.717) is 6.42 Å². The number of hydrogen-bond donors (Lipinski definition) is 2. The van der Waals surface area contributed by atoms with Crippen LogP contribution in [0.15, 0.2) is 42.9 Å². The van der Waals surface area contributed by atoms with E-state index in [1.54, 1.807) is 7.05 Å². The fraction of sp³-hybridized carbons (Fsp3) is 0.429. The normalized spacial score (nSPS) is 25.6. The van der Waals surface area contributed by atoms with E-state index in [1.807, 2.05) is 18.6 Å². The van der Waals surface area contributed by atoms with Crippen LogP contribution in [0.25, 0.3) is 11.1 Å². The molecule has 2 unspecified atom stereocenters. The first-order valence-corrected chi connectivity index (χ1v) is 9.28. The van der Waals surface area contributed by atoms with E-state index in [4.69, 9.17) is 0 Å². The molecule has 26 heavy (non-hydrogen) atoms. The molecule has 2 aromatic rings. The molecule has 0 bridgehead atoms. The number of allylic oxidation sites excluding steroid dienone is 2. The van der Waals surface area contributed by atoms with Crippen LogP contribution in [0.3, 0.4) is 0 Å². The predicted octanol–water partition coefficient (Wildman–Crippen LogP) is 2.89. The Hall–Kier alpha value is -2.40. The Morgan fingerprint density at radius 2 is 2.08 bits per heavy atom. The number of aromatic nitrogens is 2. The van der Waals surface area contributed by atoms with Crippen LogP contribution < -0.4 is 5.32 Å². The molecule has 1 aliphatic heterocycles. The number of hydrogen-bond acceptors (Lipinski definition) is 3. The zero-order valence-electron chi connectivity index (χ0n) is 15.2. The van der Waals surface area contributed by atoms with Crippen molar-refractivity contribution in [1.29, 1.82) is 0 Å². The lowest BCUT2D eigenvalue weighted by atomic mass is 9.70. The third-order valence-electron chi connectivity index (χ3n) is 6.01. The highest BCUT2D eigenvalue weighted by Gasteiger charge is 2.40. The summed E-state index contributed by atoms with van der Waals surface area (Å²) in [5.41, 5.74) is 4.81. The van der Waals surface area contributed by atoms with Crippen LogP contribution in [-0.2, 0) is 4.79 Å². The maximum Gasteiger partial charge on any atom is 0.222 e. The van der Waals surface area contributed by atoms with Crippen molar-refractivity contribution < 1.29 is 9.90 Å². The predicted molar refractivity (Wildman–Crippen MR) is 101 cm³/mol. The lowest BCUT2D eigenvalue weighted by Crippen LogP contribution is -2.42. The topological polar surface area (TPSA) is 67.2 Å². The second-order valence-electron chi connectivity index (χ2n) is 7.45. The molecule has 0 saturated heterocycles. The Balaban J connectivity index is 1.54. The molecule has 2 heterocycles. The van der Waals surface area contributed by atoms with Gasteiger partial charge < -0.3 is 15.0 Å². The number of fused-ring (bicyclic) bond motifs is 1. The van der Waals surface area contributed by atoms with Crippen molar-refractivity contribution in [2.24, 2.45) is 11.8 Å². The summed E-state index contributed by atoms with van der Waals surface area (Å²) < 4.78 is 2.18. The Bertz CT molecular complexity index is 834. The van der Waals surface area contributed by atoms with Crippen LogP contribution in [0.4, 0.5) is 0 Å². The molecule has 1 aliphatic carbocycles. The zero-order chi connectivity index (χ0) is 18.3. The van der Waals surface area contributed by atoms with Gasteiger partial charge in [-0.05, 0) is 48.8 Å². The van der Waals surface area contributed by atoms with Gasteiger partial charge >= 0.3 is 0 Å². The van der Waals surface area contributed by atoms with Gasteiger partial charge in [-0.25, -0.2) is 4.98 Å². The lowest BCUT2D eigenvalue weighted by Gasteiger charge is -2.38. The second kappa shape index (κ2) is 6.72. The van der Waals surface area contributed by atoms with E-state index in [1.165, 1.54) is 16.7 Å². The monoisotopic (exact) mass is 351 g/mol. The Morgan fingerprint density at radius 1 is 1.35 bits per heavy atom. The van der Waals surface area contributed by atoms with Crippen molar-refractivity contribution in [3.8, 4) is 0 Å². The quantitative estimate of drug-likeness (QED) is 0.870. The third-order valence-corrected chi connectivity index (χ3v) is 6.01. The number of carbonyl (C=O) groups is 1. The molecule has 1 aromatic heterocycles. The number of imidazole rings is 1. The summed E-state index contributed by atoms with van der Waals surface area (Å²) in [5, 5.41) is 13.5. The highest BCUT2D eigenvalue weighted by Crippen LogP contribution is 2.46. The summed E-state index contributed by atoms with van der Waals surface area (Å²) in [6, 6.07) is 10.5. The van der Waals surface area contributed by atoms with Crippen LogP contribution in [0, 0.1) is 11.8 Å². The summed E-state index contributed by atoms with van der Waals surface area (Å²) >= 11 is 0. The molecular weight excluding hydrogens is 326 g/mol. The fourth-order valence-corrected chi connectivity index (χ4v) is 4.44. The minimum Gasteiger partial charge on any atom is -0.393 e. The van der Waals surface area contributed by atoms with Gasteiger partial charge in [0.2, 0.25) is 5.91 Å². The molecule has 1 amide bonds. The maximum atomic E-state index is 11.7. The number of amides is 1. The number of nitrogens with one attached hydrogen (secondary N) is 1. The molecule has 1 saturated carbocycles. The van der Waals surface area contributed by atoms with Gasteiger partial charge in [0, 0.05) is 13.0 Å². The Kier molecular flexibility index (Phi) is 4.41. The largest absolute Gasteiger partial charge is 0.393 e. The van der Waals surface area contributed by atoms with E-state index in [2.05, 4.69) is 46.1 Å². The van der Waals surface area contributed by atoms with E-state index >= 15 is 0 Å². The molecule has 2 atom stereocenters. The molecule has 0 radical (unpaired) electrons. The van der Waals surface area contributed by atoms with Crippen molar-refractivity contribution >= 4 is 17.1 Å². The summed E-state index contributed by atoms with van der Waals surface area (Å²) in [7, 11) is 1.67. The highest BCUT2D eigenvalue weighted by atomic mass is 16.3. The van der Waals surface area contributed by atoms with Gasteiger partial charge in [-0.3, -0.25) is 4.79 Å². The van der Waals surface area contributed by atoms with E-state index < -0.39 is 6.10 Å². The molecule has 4 rings (SSSR count). The smallest absolute Gasteiger partial charge is 0.222 e. The van der Waals surface area contributed by atoms with Gasteiger partial charge in [0.15, 0.2) is 0 Å². The summed E-state index contributed by atoms with van der Waals surface area (Å²) in [5.74, 6) is 0.340. The average molecular weight is 351 g/mol. The van der Waals surface area contributed by atoms with Crippen LogP contribution >= 0.6 is 0 Å². The number of aliphatic hydroxyl groups excluding tert-OH is 1. The molecule has 2 aliphatic rings. The van der Waals surface area contributed by atoms with Crippen molar-refractivity contribution in [1.82, 2.24) is 14.9 Å². The average Bonchev–Trinajstić information content (AvgIpc) is 3.18. The summed E-state index contributed by atoms with van der Waals surface area (Å²) in [6.45, 7) is 2.13. The number of rotatable bonds is 5. The standard InChI is InChI=1S/C21H25N3O2/c1-13-18-11-23-12-24(18)17(20(13)14-6-4-3-5-7-14)10-19(25)15-8-16(9-15)21(26)22-2/h3-7,11-12,15-17,19,25H,8-10H2,1-2H3,(H,22,26). The van der Waals surface area contributed by atoms with Gasteiger partial charge in [0.1, 0.15) is 0 Å². The Labute approximate surface area is 153 Å². The van der Waals surface area contributed by atoms with Crippen molar-refractivity contribution in [2.45, 2.75) is 38.3 Å². The molecule has 0 spiro atoms. The van der Waals surface area contributed by atoms with Gasteiger partial charge in [-0.1, -0.05) is 30.3 Å². The van der Waals surface area contributed by atoms with Gasteiger partial charge in [0.25, 0.3) is 0 Å². The van der Waals surface area contributed by atoms with E-state index in [-0.39, 0.29) is 23.8 Å². The van der Waals surface area contributed by atoms with Gasteiger partial charge in [-0.2, -0.15) is 0 Å². The van der Waals surface area contributed by atoms with Crippen molar-refractivity contribution in [2.75, 3.05) is 7.05 Å². The molecule has 1 aromatic carbocycles. The van der Waals surface area contributed by atoms with Gasteiger partial charge in [-0.15, -0.1) is 0 Å². The minimum atomic E-state index is -0.416. The van der Waals surface area contributed by atoms with Crippen molar-refractivity contribution in [3.63, 3.8) is 0 Å². The van der Waals surface area contributed by atoms with Crippen LogP contribution in [0.1, 0.15) is 43.5 Å². The van der Waals surface area contributed by atoms with Crippen LogP contribution in [0.2, 0.25) is 0 Å². The minimum absolute atomic E-state index is 0.0536. The first-order valence-electron chi connectivity index (χ1n) is 9.28. The van der Waals surface area contributed by atoms with E-state index in [9.17, 15) is 9.90 Å². The first-order chi connectivity index (χ1) is 12.6. The number of aliphatic hydroxyl groups is 1. The van der Waals surface area contributed by atoms with E-state index in [0.717, 1.165) is 18.5 Å². The maximum absolute atomic E-state index is 11.7. The molecule has 136 valence electrons. The molecule has 2 N–H and O–H groups in total. The number of nitrogens with zero attached hydrogens (tertiary/aromatic N) is 2. The SMILES string of the molecule is CNC(=O)C1CC(C(O)CC2C(c3ccccc3)=C(C)c3cncn32)C1. The van der Waals surface area contributed by atoms with Gasteiger partial charge in [0.05, 0.1) is 30.4 Å². The first kappa shape index (κ1) is 17.0. The lowest BCUT2D eigenvalue weighted by molar-refractivity contribution is -0.130. The summed E-state index contributed by atoms with van der Waals surface area (Å²) in [4.78, 5) is 16.0.